The summed E-state index contributed by atoms with van der Waals surface area (Å²) in [5.41, 5.74) is 8.07. The van der Waals surface area contributed by atoms with Gasteiger partial charge >= 0.3 is 0 Å². The highest BCUT2D eigenvalue weighted by Gasteiger charge is 2.09. The maximum atomic E-state index is 5.83. The van der Waals surface area contributed by atoms with Crippen LogP contribution in [0.1, 0.15) is 25.5 Å². The first kappa shape index (κ1) is 13.1. The molecule has 3 heteroatoms. The van der Waals surface area contributed by atoms with Gasteiger partial charge in [0.25, 0.3) is 0 Å². The molecule has 1 rings (SSSR count). The first-order valence-electron chi connectivity index (χ1n) is 5.33. The zero-order valence-corrected chi connectivity index (χ0v) is 11.3. The van der Waals surface area contributed by atoms with E-state index >= 15 is 0 Å². The molecular weight excluding hydrogens is 264 g/mol. The van der Waals surface area contributed by atoms with Gasteiger partial charge in [-0.2, -0.15) is 0 Å². The third kappa shape index (κ3) is 3.01. The van der Waals surface area contributed by atoms with Crippen LogP contribution in [0.3, 0.4) is 0 Å². The third-order valence-corrected chi connectivity index (χ3v) is 3.14. The number of halogens is 1. The van der Waals surface area contributed by atoms with Gasteiger partial charge in [0.1, 0.15) is 0 Å². The van der Waals surface area contributed by atoms with Gasteiger partial charge in [0.15, 0.2) is 0 Å². The Balaban J connectivity index is 3.02. The highest BCUT2D eigenvalue weighted by Crippen LogP contribution is 2.28. The molecule has 0 heterocycles. The molecule has 0 aliphatic heterocycles. The standard InChI is InChI=1S/C13H17BrN2/c1-4-8-16(5-2)13-7-6-11(10(3)15)9-12(13)14/h1,6-7,9-10H,5,8,15H2,2-3H3. The monoisotopic (exact) mass is 280 g/mol. The summed E-state index contributed by atoms with van der Waals surface area (Å²) < 4.78 is 1.04. The van der Waals surface area contributed by atoms with Gasteiger partial charge in [-0.1, -0.05) is 12.0 Å². The number of nitrogens with two attached hydrogens (primary N) is 1. The molecule has 0 spiro atoms. The minimum Gasteiger partial charge on any atom is -0.360 e. The second-order valence-electron chi connectivity index (χ2n) is 3.72. The molecule has 2 N–H and O–H groups in total. The summed E-state index contributed by atoms with van der Waals surface area (Å²) in [6, 6.07) is 6.21. The lowest BCUT2D eigenvalue weighted by molar-refractivity contribution is 0.815. The van der Waals surface area contributed by atoms with Crippen molar-refractivity contribution in [2.75, 3.05) is 18.0 Å². The molecular formula is C13H17BrN2. The smallest absolute Gasteiger partial charge is 0.0791 e. The predicted molar refractivity (Wildman–Crippen MR) is 73.5 cm³/mol. The number of hydrogen-bond acceptors (Lipinski definition) is 2. The molecule has 0 aromatic heterocycles. The summed E-state index contributed by atoms with van der Waals surface area (Å²) in [4.78, 5) is 2.13. The number of rotatable bonds is 4. The fourth-order valence-electron chi connectivity index (χ4n) is 1.54. The maximum Gasteiger partial charge on any atom is 0.0791 e. The minimum atomic E-state index is 0.0491. The van der Waals surface area contributed by atoms with E-state index in [9.17, 15) is 0 Å². The molecule has 16 heavy (non-hydrogen) atoms. The van der Waals surface area contributed by atoms with Gasteiger partial charge in [-0.05, 0) is 47.5 Å². The average molecular weight is 281 g/mol. The quantitative estimate of drug-likeness (QED) is 0.860. The van der Waals surface area contributed by atoms with Gasteiger partial charge in [-0.3, -0.25) is 0 Å². The number of benzene rings is 1. The normalized spacial score (nSPS) is 11.9. The third-order valence-electron chi connectivity index (χ3n) is 2.50. The summed E-state index contributed by atoms with van der Waals surface area (Å²) in [7, 11) is 0. The molecule has 0 bridgehead atoms. The van der Waals surface area contributed by atoms with E-state index in [4.69, 9.17) is 12.2 Å². The van der Waals surface area contributed by atoms with Gasteiger partial charge in [0.2, 0.25) is 0 Å². The van der Waals surface area contributed by atoms with E-state index in [-0.39, 0.29) is 6.04 Å². The molecule has 0 radical (unpaired) electrons. The van der Waals surface area contributed by atoms with Crippen LogP contribution in [-0.4, -0.2) is 13.1 Å². The van der Waals surface area contributed by atoms with Gasteiger partial charge < -0.3 is 10.6 Å². The molecule has 1 atom stereocenters. The SMILES string of the molecule is C#CCN(CC)c1ccc(C(C)N)cc1Br. The van der Waals surface area contributed by atoms with Gasteiger partial charge in [-0.15, -0.1) is 6.42 Å². The maximum absolute atomic E-state index is 5.83. The van der Waals surface area contributed by atoms with Crippen LogP contribution >= 0.6 is 15.9 Å². The molecule has 86 valence electrons. The second-order valence-corrected chi connectivity index (χ2v) is 4.57. The van der Waals surface area contributed by atoms with Crippen LogP contribution in [-0.2, 0) is 0 Å². The van der Waals surface area contributed by atoms with E-state index in [1.54, 1.807) is 0 Å². The fourth-order valence-corrected chi connectivity index (χ4v) is 2.19. The van der Waals surface area contributed by atoms with E-state index in [0.29, 0.717) is 6.54 Å². The summed E-state index contributed by atoms with van der Waals surface area (Å²) in [6.07, 6.45) is 5.34. The second kappa shape index (κ2) is 5.93. The Morgan fingerprint density at radius 3 is 2.69 bits per heavy atom. The Kier molecular flexibility index (Phi) is 4.85. The number of terminal acetylenes is 1. The Morgan fingerprint density at radius 1 is 1.56 bits per heavy atom. The van der Waals surface area contributed by atoms with Crippen molar-refractivity contribution in [3.63, 3.8) is 0 Å². The van der Waals surface area contributed by atoms with Crippen LogP contribution < -0.4 is 10.6 Å². The lowest BCUT2D eigenvalue weighted by Crippen LogP contribution is -2.23. The summed E-state index contributed by atoms with van der Waals surface area (Å²) >= 11 is 3.56. The zero-order chi connectivity index (χ0) is 12.1. The Hall–Kier alpha value is -0.980. The Morgan fingerprint density at radius 2 is 2.25 bits per heavy atom. The van der Waals surface area contributed by atoms with Crippen molar-refractivity contribution < 1.29 is 0 Å². The van der Waals surface area contributed by atoms with Crippen molar-refractivity contribution in [1.29, 1.82) is 0 Å². The van der Waals surface area contributed by atoms with Crippen LogP contribution in [0.25, 0.3) is 0 Å². The van der Waals surface area contributed by atoms with Crippen molar-refractivity contribution in [2.45, 2.75) is 19.9 Å². The highest BCUT2D eigenvalue weighted by atomic mass is 79.9. The van der Waals surface area contributed by atoms with Crippen molar-refractivity contribution >= 4 is 21.6 Å². The molecule has 0 aliphatic carbocycles. The molecule has 0 fully saturated rings. The fraction of sp³-hybridized carbons (Fsp3) is 0.385. The van der Waals surface area contributed by atoms with E-state index in [1.807, 2.05) is 13.0 Å². The highest BCUT2D eigenvalue weighted by molar-refractivity contribution is 9.10. The largest absolute Gasteiger partial charge is 0.360 e. The van der Waals surface area contributed by atoms with Gasteiger partial charge in [0, 0.05) is 17.1 Å². The lowest BCUT2D eigenvalue weighted by atomic mass is 10.1. The van der Waals surface area contributed by atoms with Gasteiger partial charge in [-0.25, -0.2) is 0 Å². The van der Waals surface area contributed by atoms with E-state index in [1.165, 1.54) is 0 Å². The summed E-state index contributed by atoms with van der Waals surface area (Å²) in [6.45, 7) is 5.57. The van der Waals surface area contributed by atoms with E-state index < -0.39 is 0 Å². The Bertz CT molecular complexity index is 393. The molecule has 0 saturated heterocycles. The van der Waals surface area contributed by atoms with Crippen molar-refractivity contribution in [2.24, 2.45) is 5.73 Å². The van der Waals surface area contributed by atoms with Crippen LogP contribution in [0.15, 0.2) is 22.7 Å². The van der Waals surface area contributed by atoms with E-state index in [0.717, 1.165) is 22.3 Å². The average Bonchev–Trinajstić information content (AvgIpc) is 2.26. The number of hydrogen-bond donors (Lipinski definition) is 1. The topological polar surface area (TPSA) is 29.3 Å². The molecule has 1 aromatic carbocycles. The molecule has 0 saturated carbocycles. The molecule has 1 aromatic rings. The van der Waals surface area contributed by atoms with Crippen molar-refractivity contribution in [3.05, 3.63) is 28.2 Å². The van der Waals surface area contributed by atoms with Crippen LogP contribution in [0.4, 0.5) is 5.69 Å². The molecule has 0 amide bonds. The number of anilines is 1. The van der Waals surface area contributed by atoms with E-state index in [2.05, 4.69) is 45.8 Å². The van der Waals surface area contributed by atoms with Crippen LogP contribution in [0.2, 0.25) is 0 Å². The van der Waals surface area contributed by atoms with Crippen molar-refractivity contribution in [1.82, 2.24) is 0 Å². The Labute approximate surface area is 106 Å². The first-order valence-corrected chi connectivity index (χ1v) is 6.12. The molecule has 2 nitrogen and oxygen atoms in total. The van der Waals surface area contributed by atoms with Crippen molar-refractivity contribution in [3.8, 4) is 12.3 Å². The molecule has 1 unspecified atom stereocenters. The molecule has 0 aliphatic rings. The van der Waals surface area contributed by atoms with Gasteiger partial charge in [0.05, 0.1) is 12.2 Å². The van der Waals surface area contributed by atoms with Crippen LogP contribution in [0.5, 0.6) is 0 Å². The predicted octanol–water partition coefficient (Wildman–Crippen LogP) is 2.93. The van der Waals surface area contributed by atoms with Crippen LogP contribution in [0, 0.1) is 12.3 Å². The minimum absolute atomic E-state index is 0.0491. The zero-order valence-electron chi connectivity index (χ0n) is 9.70. The number of nitrogens with zero attached hydrogens (tertiary/aromatic N) is 1. The summed E-state index contributed by atoms with van der Waals surface area (Å²) in [5, 5.41) is 0. The summed E-state index contributed by atoms with van der Waals surface area (Å²) in [5.74, 6) is 2.66. The first-order chi connectivity index (χ1) is 7.60. The lowest BCUT2D eigenvalue weighted by Gasteiger charge is -2.22.